The number of rotatable bonds is 5. The van der Waals surface area contributed by atoms with Crippen molar-refractivity contribution in [2.24, 2.45) is 0 Å². The van der Waals surface area contributed by atoms with Crippen LogP contribution in [-0.4, -0.2) is 38.0 Å². The monoisotopic (exact) mass is 375 g/mol. The summed E-state index contributed by atoms with van der Waals surface area (Å²) in [5.74, 6) is 0.107. The molecule has 0 bridgehead atoms. The Balaban J connectivity index is 1.51. The molecule has 6 heteroatoms. The molecule has 0 N–H and O–H groups in total. The highest BCUT2D eigenvalue weighted by molar-refractivity contribution is 6.07. The molecule has 28 heavy (non-hydrogen) atoms. The molecule has 0 unspecified atom stereocenters. The Kier molecular flexibility index (Phi) is 5.16. The van der Waals surface area contributed by atoms with Crippen molar-refractivity contribution in [2.75, 3.05) is 13.1 Å². The molecule has 1 amide bonds. The number of piperidine rings is 1. The molecule has 2 aromatic heterocycles. The van der Waals surface area contributed by atoms with Crippen LogP contribution in [0.5, 0.6) is 0 Å². The summed E-state index contributed by atoms with van der Waals surface area (Å²) < 4.78 is 4.34. The summed E-state index contributed by atoms with van der Waals surface area (Å²) in [6.07, 6.45) is 8.96. The van der Waals surface area contributed by atoms with Gasteiger partial charge in [0.1, 0.15) is 0 Å². The van der Waals surface area contributed by atoms with Crippen LogP contribution in [0.15, 0.2) is 43.0 Å². The molecule has 144 valence electrons. The van der Waals surface area contributed by atoms with Crippen LogP contribution in [0.2, 0.25) is 0 Å². The lowest BCUT2D eigenvalue weighted by molar-refractivity contribution is 0.0696. The van der Waals surface area contributed by atoms with Crippen molar-refractivity contribution in [3.63, 3.8) is 0 Å². The van der Waals surface area contributed by atoms with E-state index in [9.17, 15) is 4.79 Å². The molecule has 0 atom stereocenters. The summed E-state index contributed by atoms with van der Waals surface area (Å²) in [5, 5.41) is 9.80. The van der Waals surface area contributed by atoms with Crippen LogP contribution in [0.3, 0.4) is 0 Å². The molecule has 1 saturated heterocycles. The van der Waals surface area contributed by atoms with Gasteiger partial charge in [-0.3, -0.25) is 4.79 Å². The highest BCUT2D eigenvalue weighted by atomic mass is 16.2. The van der Waals surface area contributed by atoms with Gasteiger partial charge in [-0.15, -0.1) is 0 Å². The van der Waals surface area contributed by atoms with Crippen molar-refractivity contribution in [3.05, 3.63) is 54.2 Å². The highest BCUT2D eigenvalue weighted by Gasteiger charge is 2.27. The second kappa shape index (κ2) is 7.89. The van der Waals surface area contributed by atoms with E-state index >= 15 is 0 Å². The topological polar surface area (TPSA) is 66.8 Å². The Morgan fingerprint density at radius 3 is 2.79 bits per heavy atom. The number of benzene rings is 1. The number of unbranched alkanes of at least 4 members (excludes halogenated alkanes) is 1. The van der Waals surface area contributed by atoms with E-state index in [0.717, 1.165) is 55.4 Å². The van der Waals surface area contributed by atoms with E-state index in [1.54, 1.807) is 0 Å². The molecule has 4 rings (SSSR count). The van der Waals surface area contributed by atoms with Crippen molar-refractivity contribution in [2.45, 2.75) is 45.2 Å². The molecular formula is C22H25N5O. The van der Waals surface area contributed by atoms with E-state index in [-0.39, 0.29) is 5.91 Å². The maximum absolute atomic E-state index is 13.3. The molecule has 0 saturated carbocycles. The fourth-order valence-electron chi connectivity index (χ4n) is 4.20. The second-order valence-electron chi connectivity index (χ2n) is 7.48. The summed E-state index contributed by atoms with van der Waals surface area (Å²) in [5.41, 5.74) is 3.00. The standard InChI is InChI=1S/C22H25N5O/c1-17-14-24-16-27(17)18-8-12-25(13-9-18)22(28)20-15-26(11-5-4-10-23)21-7-3-2-6-19(20)21/h2-3,6-7,14-16,18H,4-5,8-9,11-13H2,1H3. The maximum atomic E-state index is 13.3. The third-order valence-electron chi connectivity index (χ3n) is 5.71. The first-order valence-corrected chi connectivity index (χ1v) is 9.91. The molecule has 1 aromatic carbocycles. The van der Waals surface area contributed by atoms with Gasteiger partial charge in [-0.1, -0.05) is 18.2 Å². The van der Waals surface area contributed by atoms with Crippen LogP contribution in [0.25, 0.3) is 10.9 Å². The summed E-state index contributed by atoms with van der Waals surface area (Å²) >= 11 is 0. The number of amides is 1. The summed E-state index contributed by atoms with van der Waals surface area (Å²) in [7, 11) is 0. The van der Waals surface area contributed by atoms with Gasteiger partial charge < -0.3 is 14.0 Å². The van der Waals surface area contributed by atoms with E-state index in [4.69, 9.17) is 5.26 Å². The normalized spacial score (nSPS) is 15.1. The summed E-state index contributed by atoms with van der Waals surface area (Å²) in [4.78, 5) is 19.5. The van der Waals surface area contributed by atoms with Crippen LogP contribution < -0.4 is 0 Å². The predicted octanol–water partition coefficient (Wildman–Crippen LogP) is 3.93. The maximum Gasteiger partial charge on any atom is 0.256 e. The second-order valence-corrected chi connectivity index (χ2v) is 7.48. The number of para-hydroxylation sites is 1. The number of nitriles is 1. The molecular weight excluding hydrogens is 350 g/mol. The van der Waals surface area contributed by atoms with Gasteiger partial charge in [-0.05, 0) is 32.3 Å². The first-order valence-electron chi connectivity index (χ1n) is 9.91. The van der Waals surface area contributed by atoms with E-state index in [0.29, 0.717) is 12.5 Å². The van der Waals surface area contributed by atoms with Crippen molar-refractivity contribution < 1.29 is 4.79 Å². The Hall–Kier alpha value is -3.07. The lowest BCUT2D eigenvalue weighted by atomic mass is 10.0. The van der Waals surface area contributed by atoms with Gasteiger partial charge in [0.2, 0.25) is 0 Å². The minimum atomic E-state index is 0.107. The number of carbonyl (C=O) groups is 1. The fourth-order valence-corrected chi connectivity index (χ4v) is 4.20. The zero-order chi connectivity index (χ0) is 19.5. The van der Waals surface area contributed by atoms with Gasteiger partial charge in [0, 0.05) is 61.1 Å². The summed E-state index contributed by atoms with van der Waals surface area (Å²) in [6.45, 7) is 4.35. The molecule has 3 heterocycles. The molecule has 6 nitrogen and oxygen atoms in total. The number of aromatic nitrogens is 3. The van der Waals surface area contributed by atoms with Gasteiger partial charge in [-0.25, -0.2) is 4.98 Å². The Labute approximate surface area is 165 Å². The smallest absolute Gasteiger partial charge is 0.256 e. The predicted molar refractivity (Wildman–Crippen MR) is 108 cm³/mol. The molecule has 1 aliphatic heterocycles. The highest BCUT2D eigenvalue weighted by Crippen LogP contribution is 2.28. The lowest BCUT2D eigenvalue weighted by Crippen LogP contribution is -2.39. The fraction of sp³-hybridized carbons (Fsp3) is 0.409. The van der Waals surface area contributed by atoms with Gasteiger partial charge in [0.15, 0.2) is 0 Å². The van der Waals surface area contributed by atoms with Gasteiger partial charge in [0.25, 0.3) is 5.91 Å². The number of nitrogens with zero attached hydrogens (tertiary/aromatic N) is 5. The zero-order valence-corrected chi connectivity index (χ0v) is 16.2. The quantitative estimate of drug-likeness (QED) is 0.635. The van der Waals surface area contributed by atoms with Crippen molar-refractivity contribution in [3.8, 4) is 6.07 Å². The van der Waals surface area contributed by atoms with Crippen LogP contribution in [-0.2, 0) is 6.54 Å². The van der Waals surface area contributed by atoms with E-state index < -0.39 is 0 Å². The SMILES string of the molecule is Cc1cncn1C1CCN(C(=O)c2cn(CCCC#N)c3ccccc23)CC1. The number of fused-ring (bicyclic) bond motifs is 1. The molecule has 0 radical (unpaired) electrons. The Morgan fingerprint density at radius 1 is 1.29 bits per heavy atom. The minimum absolute atomic E-state index is 0.107. The third kappa shape index (κ3) is 3.40. The number of carbonyl (C=O) groups excluding carboxylic acids is 1. The molecule has 1 fully saturated rings. The minimum Gasteiger partial charge on any atom is -0.347 e. The van der Waals surface area contributed by atoms with Crippen LogP contribution in [0.1, 0.15) is 47.8 Å². The van der Waals surface area contributed by atoms with E-state index in [1.165, 1.54) is 5.69 Å². The molecule has 0 spiro atoms. The zero-order valence-electron chi connectivity index (χ0n) is 16.2. The Morgan fingerprint density at radius 2 is 2.07 bits per heavy atom. The van der Waals surface area contributed by atoms with E-state index in [1.807, 2.05) is 47.9 Å². The lowest BCUT2D eigenvalue weighted by Gasteiger charge is -2.33. The first kappa shape index (κ1) is 18.3. The van der Waals surface area contributed by atoms with Crippen molar-refractivity contribution in [1.29, 1.82) is 5.26 Å². The number of hydrogen-bond acceptors (Lipinski definition) is 3. The summed E-state index contributed by atoms with van der Waals surface area (Å²) in [6, 6.07) is 10.6. The first-order chi connectivity index (χ1) is 13.7. The average Bonchev–Trinajstić information content (AvgIpc) is 3.32. The third-order valence-corrected chi connectivity index (χ3v) is 5.71. The van der Waals surface area contributed by atoms with Crippen molar-refractivity contribution >= 4 is 16.8 Å². The Bertz CT molecular complexity index is 1020. The number of likely N-dealkylation sites (tertiary alicyclic amines) is 1. The van der Waals surface area contributed by atoms with Crippen LogP contribution in [0.4, 0.5) is 0 Å². The van der Waals surface area contributed by atoms with E-state index in [2.05, 4.69) is 27.1 Å². The largest absolute Gasteiger partial charge is 0.347 e. The van der Waals surface area contributed by atoms with Gasteiger partial charge >= 0.3 is 0 Å². The van der Waals surface area contributed by atoms with Gasteiger partial charge in [-0.2, -0.15) is 5.26 Å². The van der Waals surface area contributed by atoms with Crippen LogP contribution >= 0.6 is 0 Å². The van der Waals surface area contributed by atoms with Crippen molar-refractivity contribution in [1.82, 2.24) is 19.0 Å². The molecule has 3 aromatic rings. The number of imidazole rings is 1. The molecule has 0 aliphatic carbocycles. The van der Waals surface area contributed by atoms with Gasteiger partial charge in [0.05, 0.1) is 18.0 Å². The van der Waals surface area contributed by atoms with Crippen LogP contribution in [0, 0.1) is 18.3 Å². The number of hydrogen-bond donors (Lipinski definition) is 0. The average molecular weight is 375 g/mol. The number of aryl methyl sites for hydroxylation is 2. The molecule has 1 aliphatic rings.